The molecular weight excluding hydrogens is 414 g/mol. The van der Waals surface area contributed by atoms with Gasteiger partial charge in [-0.05, 0) is 49.7 Å². The highest BCUT2D eigenvalue weighted by atomic mass is 16.5. The molecule has 0 saturated carbocycles. The third-order valence-corrected chi connectivity index (χ3v) is 5.49. The van der Waals surface area contributed by atoms with Gasteiger partial charge in [0.05, 0.1) is 28.8 Å². The van der Waals surface area contributed by atoms with Gasteiger partial charge in [-0.25, -0.2) is 9.67 Å². The number of amides is 1. The maximum Gasteiger partial charge on any atom is 0.259 e. The second-order valence-electron chi connectivity index (χ2n) is 7.81. The summed E-state index contributed by atoms with van der Waals surface area (Å²) in [5.41, 5.74) is 5.70. The molecule has 0 bridgehead atoms. The predicted molar refractivity (Wildman–Crippen MR) is 127 cm³/mol. The minimum atomic E-state index is -0.218. The van der Waals surface area contributed by atoms with Crippen molar-refractivity contribution < 1.29 is 9.53 Å². The van der Waals surface area contributed by atoms with Gasteiger partial charge >= 0.3 is 0 Å². The molecular formula is C26H23N5O2. The minimum absolute atomic E-state index is 0.218. The highest BCUT2D eigenvalue weighted by Crippen LogP contribution is 2.21. The Morgan fingerprint density at radius 1 is 1.03 bits per heavy atom. The quantitative estimate of drug-likeness (QED) is 0.407. The minimum Gasteiger partial charge on any atom is -0.487 e. The number of aromatic nitrogens is 4. The summed E-state index contributed by atoms with van der Waals surface area (Å²) in [6.45, 7) is 4.25. The van der Waals surface area contributed by atoms with Gasteiger partial charge in [-0.3, -0.25) is 4.79 Å². The maximum atomic E-state index is 12.9. The van der Waals surface area contributed by atoms with Crippen molar-refractivity contribution in [3.05, 3.63) is 108 Å². The number of nitrogens with zero attached hydrogens (tertiary/aromatic N) is 4. The number of ether oxygens (including phenoxy) is 1. The van der Waals surface area contributed by atoms with Gasteiger partial charge in [0.1, 0.15) is 18.0 Å². The van der Waals surface area contributed by atoms with Crippen molar-refractivity contribution in [2.45, 2.75) is 20.5 Å². The number of benzene rings is 2. The second-order valence-corrected chi connectivity index (χ2v) is 7.81. The van der Waals surface area contributed by atoms with Crippen LogP contribution in [0.5, 0.6) is 5.75 Å². The monoisotopic (exact) mass is 437 g/mol. The van der Waals surface area contributed by atoms with Crippen LogP contribution in [0.1, 0.15) is 27.3 Å². The van der Waals surface area contributed by atoms with E-state index in [1.165, 1.54) is 0 Å². The third-order valence-electron chi connectivity index (χ3n) is 5.49. The Kier molecular flexibility index (Phi) is 5.36. The first kappa shape index (κ1) is 20.5. The smallest absolute Gasteiger partial charge is 0.259 e. The first-order chi connectivity index (χ1) is 16.1. The van der Waals surface area contributed by atoms with Gasteiger partial charge in [-0.1, -0.05) is 30.3 Å². The first-order valence-electron chi connectivity index (χ1n) is 10.7. The molecule has 0 spiro atoms. The predicted octanol–water partition coefficient (Wildman–Crippen LogP) is 4.97. The van der Waals surface area contributed by atoms with Crippen LogP contribution in [0, 0.1) is 13.8 Å². The van der Waals surface area contributed by atoms with Crippen molar-refractivity contribution in [1.29, 1.82) is 0 Å². The standard InChI is InChI=1S/C26H23N5O2/c1-18-8-3-4-11-24(18)31-19(2)23(15-27-31)26(32)29-20-9-7-10-22(14-20)33-17-21-16-30-13-6-5-12-25(30)28-21/h3-16H,17H2,1-2H3,(H,29,32). The number of imidazole rings is 1. The molecule has 0 aliphatic carbocycles. The zero-order chi connectivity index (χ0) is 22.8. The largest absolute Gasteiger partial charge is 0.487 e. The zero-order valence-electron chi connectivity index (χ0n) is 18.4. The third kappa shape index (κ3) is 4.21. The second kappa shape index (κ2) is 8.63. The number of fused-ring (bicyclic) bond motifs is 1. The fraction of sp³-hybridized carbons (Fsp3) is 0.115. The molecule has 0 aliphatic rings. The van der Waals surface area contributed by atoms with E-state index >= 15 is 0 Å². The molecule has 5 rings (SSSR count). The Bertz CT molecular complexity index is 1420. The fourth-order valence-electron chi connectivity index (χ4n) is 3.75. The fourth-order valence-corrected chi connectivity index (χ4v) is 3.75. The number of anilines is 1. The molecule has 2 aromatic carbocycles. The van der Waals surface area contributed by atoms with Crippen LogP contribution in [0.4, 0.5) is 5.69 Å². The normalized spacial score (nSPS) is 11.0. The number of pyridine rings is 1. The molecule has 0 saturated heterocycles. The number of nitrogens with one attached hydrogen (secondary N) is 1. The highest BCUT2D eigenvalue weighted by Gasteiger charge is 2.16. The Labute approximate surface area is 191 Å². The molecule has 3 heterocycles. The average Bonchev–Trinajstić information content (AvgIpc) is 3.41. The van der Waals surface area contributed by atoms with Crippen LogP contribution in [0.3, 0.4) is 0 Å². The van der Waals surface area contributed by atoms with E-state index in [1.54, 1.807) is 16.9 Å². The molecule has 1 amide bonds. The number of carbonyl (C=O) groups excluding carboxylic acids is 1. The molecule has 0 fully saturated rings. The number of carbonyl (C=O) groups is 1. The summed E-state index contributed by atoms with van der Waals surface area (Å²) in [5.74, 6) is 0.432. The molecule has 1 N–H and O–H groups in total. The molecule has 164 valence electrons. The highest BCUT2D eigenvalue weighted by molar-refractivity contribution is 6.05. The van der Waals surface area contributed by atoms with Crippen LogP contribution in [-0.2, 0) is 6.61 Å². The summed E-state index contributed by atoms with van der Waals surface area (Å²) < 4.78 is 9.65. The molecule has 3 aromatic heterocycles. The molecule has 0 radical (unpaired) electrons. The Balaban J connectivity index is 1.29. The van der Waals surface area contributed by atoms with E-state index in [2.05, 4.69) is 15.4 Å². The van der Waals surface area contributed by atoms with Crippen LogP contribution < -0.4 is 10.1 Å². The molecule has 7 heteroatoms. The van der Waals surface area contributed by atoms with Crippen molar-refractivity contribution in [3.63, 3.8) is 0 Å². The molecule has 0 atom stereocenters. The van der Waals surface area contributed by atoms with Crippen LogP contribution in [0.25, 0.3) is 11.3 Å². The SMILES string of the molecule is Cc1ccccc1-n1ncc(C(=O)Nc2cccc(OCc3cn4ccccc4n3)c2)c1C. The number of para-hydroxylation sites is 1. The van der Waals surface area contributed by atoms with E-state index in [-0.39, 0.29) is 5.91 Å². The van der Waals surface area contributed by atoms with E-state index in [0.717, 1.165) is 28.3 Å². The molecule has 0 aliphatic heterocycles. The Morgan fingerprint density at radius 2 is 1.88 bits per heavy atom. The summed E-state index contributed by atoms with van der Waals surface area (Å²) in [4.78, 5) is 17.5. The lowest BCUT2D eigenvalue weighted by atomic mass is 10.2. The van der Waals surface area contributed by atoms with Crippen LogP contribution in [0.15, 0.2) is 85.3 Å². The summed E-state index contributed by atoms with van der Waals surface area (Å²) in [5, 5.41) is 7.38. The van der Waals surface area contributed by atoms with Crippen LogP contribution >= 0.6 is 0 Å². The Hall–Kier alpha value is -4.39. The van der Waals surface area contributed by atoms with E-state index in [0.29, 0.717) is 23.6 Å². The van der Waals surface area contributed by atoms with Crippen molar-refractivity contribution in [1.82, 2.24) is 19.2 Å². The van der Waals surface area contributed by atoms with E-state index in [4.69, 9.17) is 4.74 Å². The summed E-state index contributed by atoms with van der Waals surface area (Å²) >= 11 is 0. The van der Waals surface area contributed by atoms with Gasteiger partial charge in [0.25, 0.3) is 5.91 Å². The van der Waals surface area contributed by atoms with Crippen molar-refractivity contribution in [2.24, 2.45) is 0 Å². The van der Waals surface area contributed by atoms with Crippen LogP contribution in [0.2, 0.25) is 0 Å². The van der Waals surface area contributed by atoms with Gasteiger partial charge in [0.15, 0.2) is 0 Å². The maximum absolute atomic E-state index is 12.9. The van der Waals surface area contributed by atoms with E-state index < -0.39 is 0 Å². The zero-order valence-corrected chi connectivity index (χ0v) is 18.4. The van der Waals surface area contributed by atoms with Crippen molar-refractivity contribution in [2.75, 3.05) is 5.32 Å². The molecule has 0 unspecified atom stereocenters. The van der Waals surface area contributed by atoms with Gasteiger partial charge in [0.2, 0.25) is 0 Å². The lowest BCUT2D eigenvalue weighted by Gasteiger charge is -2.10. The van der Waals surface area contributed by atoms with E-state index in [1.807, 2.05) is 91.3 Å². The number of aryl methyl sites for hydroxylation is 1. The number of rotatable bonds is 6. The van der Waals surface area contributed by atoms with E-state index in [9.17, 15) is 4.79 Å². The summed E-state index contributed by atoms with van der Waals surface area (Å²) in [7, 11) is 0. The van der Waals surface area contributed by atoms with Gasteiger partial charge < -0.3 is 14.5 Å². The van der Waals surface area contributed by atoms with Crippen LogP contribution in [-0.4, -0.2) is 25.1 Å². The lowest BCUT2D eigenvalue weighted by molar-refractivity contribution is 0.102. The average molecular weight is 438 g/mol. The first-order valence-corrected chi connectivity index (χ1v) is 10.7. The van der Waals surface area contributed by atoms with Crippen molar-refractivity contribution in [3.8, 4) is 11.4 Å². The summed E-state index contributed by atoms with van der Waals surface area (Å²) in [6, 6.07) is 21.1. The van der Waals surface area contributed by atoms with Gasteiger partial charge in [0, 0.05) is 24.1 Å². The topological polar surface area (TPSA) is 73.5 Å². The van der Waals surface area contributed by atoms with Gasteiger partial charge in [-0.2, -0.15) is 5.10 Å². The van der Waals surface area contributed by atoms with Gasteiger partial charge in [-0.15, -0.1) is 0 Å². The van der Waals surface area contributed by atoms with Crippen molar-refractivity contribution >= 4 is 17.2 Å². The number of hydrogen-bond donors (Lipinski definition) is 1. The molecule has 5 aromatic rings. The molecule has 7 nitrogen and oxygen atoms in total. The summed E-state index contributed by atoms with van der Waals surface area (Å²) in [6.07, 6.45) is 5.49. The number of hydrogen-bond acceptors (Lipinski definition) is 4. The molecule has 33 heavy (non-hydrogen) atoms. The Morgan fingerprint density at radius 3 is 2.73 bits per heavy atom. The lowest BCUT2D eigenvalue weighted by Crippen LogP contribution is -2.13.